The molecule has 0 atom stereocenters. The standard InChI is InChI=1S/C18H12ClN3O2/c19-13-2-3-16-12(8-13)7-11(10-24-16)1-4-17-21-15-9-20-6-5-14(15)18(23)22-17/h1-9H,10H2,(H,21,22,23)/b4-1-. The van der Waals surface area contributed by atoms with Crippen LogP contribution in [0.15, 0.2) is 53.1 Å². The van der Waals surface area contributed by atoms with Crippen LogP contribution in [0.1, 0.15) is 11.4 Å². The largest absolute Gasteiger partial charge is 0.488 e. The molecular weight excluding hydrogens is 326 g/mol. The van der Waals surface area contributed by atoms with E-state index >= 15 is 0 Å². The Morgan fingerprint density at radius 2 is 2.17 bits per heavy atom. The second kappa shape index (κ2) is 5.94. The van der Waals surface area contributed by atoms with Gasteiger partial charge in [0.2, 0.25) is 0 Å². The first kappa shape index (κ1) is 14.7. The van der Waals surface area contributed by atoms with Crippen molar-refractivity contribution in [2.24, 2.45) is 0 Å². The van der Waals surface area contributed by atoms with Crippen molar-refractivity contribution in [2.45, 2.75) is 0 Å². The lowest BCUT2D eigenvalue weighted by molar-refractivity contribution is 0.351. The van der Waals surface area contributed by atoms with Crippen LogP contribution in [0.5, 0.6) is 5.75 Å². The van der Waals surface area contributed by atoms with Crippen molar-refractivity contribution in [3.05, 3.63) is 75.1 Å². The molecule has 0 saturated carbocycles. The maximum atomic E-state index is 12.0. The van der Waals surface area contributed by atoms with Crippen LogP contribution >= 0.6 is 11.6 Å². The lowest BCUT2D eigenvalue weighted by Crippen LogP contribution is -2.10. The molecule has 1 aliphatic rings. The number of pyridine rings is 1. The van der Waals surface area contributed by atoms with E-state index in [1.807, 2.05) is 24.3 Å². The van der Waals surface area contributed by atoms with Gasteiger partial charge in [-0.3, -0.25) is 9.78 Å². The first-order valence-corrected chi connectivity index (χ1v) is 7.72. The smallest absolute Gasteiger partial charge is 0.259 e. The summed E-state index contributed by atoms with van der Waals surface area (Å²) in [5.41, 5.74) is 2.26. The van der Waals surface area contributed by atoms with E-state index in [0.29, 0.717) is 28.4 Å². The predicted molar refractivity (Wildman–Crippen MR) is 94.1 cm³/mol. The number of aromatic amines is 1. The summed E-state index contributed by atoms with van der Waals surface area (Å²) in [7, 11) is 0. The average molecular weight is 338 g/mol. The molecule has 0 spiro atoms. The van der Waals surface area contributed by atoms with Gasteiger partial charge in [0.1, 0.15) is 18.2 Å². The minimum absolute atomic E-state index is 0.187. The van der Waals surface area contributed by atoms with Crippen molar-refractivity contribution >= 4 is 34.7 Å². The molecule has 0 saturated heterocycles. The van der Waals surface area contributed by atoms with Gasteiger partial charge in [0.15, 0.2) is 0 Å². The Bertz CT molecular complexity index is 1050. The molecule has 3 heterocycles. The fourth-order valence-corrected chi connectivity index (χ4v) is 2.72. The summed E-state index contributed by atoms with van der Waals surface area (Å²) in [6.07, 6.45) is 8.76. The summed E-state index contributed by atoms with van der Waals surface area (Å²) >= 11 is 6.01. The van der Waals surface area contributed by atoms with Gasteiger partial charge in [0.05, 0.1) is 17.1 Å². The number of benzene rings is 1. The highest BCUT2D eigenvalue weighted by Gasteiger charge is 2.10. The van der Waals surface area contributed by atoms with Crippen LogP contribution in [0.2, 0.25) is 5.02 Å². The van der Waals surface area contributed by atoms with Crippen molar-refractivity contribution in [1.82, 2.24) is 15.0 Å². The second-order valence-electron chi connectivity index (χ2n) is 5.37. The monoisotopic (exact) mass is 337 g/mol. The number of halogens is 1. The second-order valence-corrected chi connectivity index (χ2v) is 5.80. The molecule has 5 nitrogen and oxygen atoms in total. The van der Waals surface area contributed by atoms with Crippen LogP contribution in [0.25, 0.3) is 23.1 Å². The van der Waals surface area contributed by atoms with Crippen molar-refractivity contribution in [3.63, 3.8) is 0 Å². The molecule has 0 fully saturated rings. The topological polar surface area (TPSA) is 67.9 Å². The van der Waals surface area contributed by atoms with Gasteiger partial charge in [-0.25, -0.2) is 4.98 Å². The van der Waals surface area contributed by atoms with Crippen molar-refractivity contribution < 1.29 is 4.74 Å². The first-order valence-electron chi connectivity index (χ1n) is 7.34. The van der Waals surface area contributed by atoms with Gasteiger partial charge in [0.25, 0.3) is 5.56 Å². The number of ether oxygens (including phenoxy) is 1. The Labute approximate surface area is 142 Å². The number of H-pyrrole nitrogens is 1. The van der Waals surface area contributed by atoms with Gasteiger partial charge in [-0.15, -0.1) is 0 Å². The quantitative estimate of drug-likeness (QED) is 0.777. The Morgan fingerprint density at radius 1 is 1.25 bits per heavy atom. The number of nitrogens with zero attached hydrogens (tertiary/aromatic N) is 2. The van der Waals surface area contributed by atoms with E-state index in [9.17, 15) is 4.79 Å². The summed E-state index contributed by atoms with van der Waals surface area (Å²) in [5, 5.41) is 1.18. The lowest BCUT2D eigenvalue weighted by Gasteiger charge is -2.16. The van der Waals surface area contributed by atoms with E-state index in [1.54, 1.807) is 30.6 Å². The van der Waals surface area contributed by atoms with Crippen LogP contribution in [-0.4, -0.2) is 21.6 Å². The summed E-state index contributed by atoms with van der Waals surface area (Å²) in [6.45, 7) is 0.449. The number of rotatable bonds is 2. The molecular formula is C18H12ClN3O2. The number of fused-ring (bicyclic) bond motifs is 2. The van der Waals surface area contributed by atoms with Gasteiger partial charge >= 0.3 is 0 Å². The predicted octanol–water partition coefficient (Wildman–Crippen LogP) is 3.46. The number of hydrogen-bond acceptors (Lipinski definition) is 4. The van der Waals surface area contributed by atoms with Gasteiger partial charge in [-0.2, -0.15) is 0 Å². The van der Waals surface area contributed by atoms with Crippen molar-refractivity contribution in [3.8, 4) is 5.75 Å². The van der Waals surface area contributed by atoms with Crippen LogP contribution in [0.3, 0.4) is 0 Å². The Morgan fingerprint density at radius 3 is 3.08 bits per heavy atom. The molecule has 0 aliphatic carbocycles. The van der Waals surface area contributed by atoms with Crippen LogP contribution < -0.4 is 10.3 Å². The third kappa shape index (κ3) is 2.81. The summed E-state index contributed by atoms with van der Waals surface area (Å²) < 4.78 is 5.69. The summed E-state index contributed by atoms with van der Waals surface area (Å²) in [6, 6.07) is 7.15. The van der Waals surface area contributed by atoms with Gasteiger partial charge in [-0.05, 0) is 42.0 Å². The maximum Gasteiger partial charge on any atom is 0.259 e. The number of aromatic nitrogens is 3. The molecule has 0 amide bonds. The molecule has 4 rings (SSSR count). The minimum atomic E-state index is -0.187. The Balaban J connectivity index is 1.67. The van der Waals surface area contributed by atoms with E-state index in [-0.39, 0.29) is 5.56 Å². The third-order valence-electron chi connectivity index (χ3n) is 3.69. The van der Waals surface area contributed by atoms with E-state index in [1.165, 1.54) is 0 Å². The Kier molecular flexibility index (Phi) is 3.63. The molecule has 1 aromatic carbocycles. The Hall–Kier alpha value is -2.92. The SMILES string of the molecule is O=c1[nH]c(/C=C\C2=Cc3cc(Cl)ccc3OC2)nc2cnccc12. The van der Waals surface area contributed by atoms with Gasteiger partial charge < -0.3 is 9.72 Å². The normalized spacial score (nSPS) is 13.6. The molecule has 3 aromatic rings. The van der Waals surface area contributed by atoms with Crippen molar-refractivity contribution in [1.29, 1.82) is 0 Å². The van der Waals surface area contributed by atoms with E-state index in [0.717, 1.165) is 16.9 Å². The average Bonchev–Trinajstić information content (AvgIpc) is 2.59. The van der Waals surface area contributed by atoms with Crippen LogP contribution in [-0.2, 0) is 0 Å². The zero-order valence-electron chi connectivity index (χ0n) is 12.5. The first-order chi connectivity index (χ1) is 11.7. The van der Waals surface area contributed by atoms with E-state index < -0.39 is 0 Å². The molecule has 1 N–H and O–H groups in total. The minimum Gasteiger partial charge on any atom is -0.488 e. The maximum absolute atomic E-state index is 12.0. The molecule has 24 heavy (non-hydrogen) atoms. The van der Waals surface area contributed by atoms with Crippen LogP contribution in [0.4, 0.5) is 0 Å². The fourth-order valence-electron chi connectivity index (χ4n) is 2.54. The zero-order valence-corrected chi connectivity index (χ0v) is 13.2. The van der Waals surface area contributed by atoms with Crippen LogP contribution in [0, 0.1) is 0 Å². The molecule has 6 heteroatoms. The molecule has 0 radical (unpaired) electrons. The number of nitrogens with one attached hydrogen (secondary N) is 1. The molecule has 118 valence electrons. The lowest BCUT2D eigenvalue weighted by atomic mass is 10.1. The van der Waals surface area contributed by atoms with Crippen molar-refractivity contribution in [2.75, 3.05) is 6.61 Å². The molecule has 0 unspecified atom stereocenters. The van der Waals surface area contributed by atoms with Gasteiger partial charge in [-0.1, -0.05) is 17.7 Å². The summed E-state index contributed by atoms with van der Waals surface area (Å²) in [4.78, 5) is 23.2. The number of hydrogen-bond donors (Lipinski definition) is 1. The fraction of sp³-hybridized carbons (Fsp3) is 0.0556. The molecule has 2 aromatic heterocycles. The van der Waals surface area contributed by atoms with Gasteiger partial charge in [0, 0.05) is 16.8 Å². The molecule has 0 bridgehead atoms. The van der Waals surface area contributed by atoms with E-state index in [2.05, 4.69) is 15.0 Å². The third-order valence-corrected chi connectivity index (χ3v) is 3.92. The molecule has 1 aliphatic heterocycles. The van der Waals surface area contributed by atoms with E-state index in [4.69, 9.17) is 16.3 Å². The zero-order chi connectivity index (χ0) is 16.5. The highest BCUT2D eigenvalue weighted by Crippen LogP contribution is 2.29. The highest BCUT2D eigenvalue weighted by molar-refractivity contribution is 6.30. The highest BCUT2D eigenvalue weighted by atomic mass is 35.5. The summed E-state index contributed by atoms with van der Waals surface area (Å²) in [5.74, 6) is 1.28.